The SMILES string of the molecule is CC(O)c1nccn1C(CN)c1cc(-c2ccc(C#CC3CC(NC=O)C3)cc2)on1. The van der Waals surface area contributed by atoms with Crippen LogP contribution in [-0.4, -0.2) is 38.8 Å². The van der Waals surface area contributed by atoms with Gasteiger partial charge in [0, 0.05) is 48.1 Å². The number of hydrogen-bond donors (Lipinski definition) is 3. The van der Waals surface area contributed by atoms with E-state index in [1.54, 1.807) is 19.3 Å². The first-order valence-electron chi connectivity index (χ1n) is 10.3. The molecule has 2 aromatic heterocycles. The Bertz CT molecular complexity index is 1080. The van der Waals surface area contributed by atoms with Gasteiger partial charge in [-0.05, 0) is 44.0 Å². The zero-order valence-electron chi connectivity index (χ0n) is 17.2. The first kappa shape index (κ1) is 20.8. The smallest absolute Gasteiger partial charge is 0.207 e. The largest absolute Gasteiger partial charge is 0.385 e. The fourth-order valence-corrected chi connectivity index (χ4v) is 3.74. The normalized spacial score (nSPS) is 19.6. The third kappa shape index (κ3) is 4.53. The molecule has 4 N–H and O–H groups in total. The Kier molecular flexibility index (Phi) is 6.16. The standard InChI is InChI=1S/C23H25N5O3/c1-15(30)23-25-8-9-28(23)21(13-24)20-12-22(31-27-20)18-6-4-16(5-7-18)2-3-17-10-19(11-17)26-14-29/h4-9,12,14-15,17,19,21,30H,10-11,13,24H2,1H3,(H,26,29). The van der Waals surface area contributed by atoms with Crippen molar-refractivity contribution < 1.29 is 14.4 Å². The minimum atomic E-state index is -0.712. The van der Waals surface area contributed by atoms with E-state index in [4.69, 9.17) is 10.3 Å². The van der Waals surface area contributed by atoms with Gasteiger partial charge in [0.15, 0.2) is 5.76 Å². The Hall–Kier alpha value is -3.41. The Morgan fingerprint density at radius 1 is 1.39 bits per heavy atom. The number of aliphatic hydroxyl groups is 1. The third-order valence-corrected chi connectivity index (χ3v) is 5.53. The lowest BCUT2D eigenvalue weighted by molar-refractivity contribution is -0.110. The van der Waals surface area contributed by atoms with Crippen molar-refractivity contribution in [2.75, 3.05) is 6.54 Å². The summed E-state index contributed by atoms with van der Waals surface area (Å²) in [5.74, 6) is 7.94. The van der Waals surface area contributed by atoms with Crippen LogP contribution in [0.15, 0.2) is 47.2 Å². The summed E-state index contributed by atoms with van der Waals surface area (Å²) < 4.78 is 7.38. The molecule has 0 bridgehead atoms. The van der Waals surface area contributed by atoms with Gasteiger partial charge in [-0.3, -0.25) is 4.79 Å². The number of rotatable bonds is 7. The molecule has 0 radical (unpaired) electrons. The molecule has 1 aliphatic rings. The van der Waals surface area contributed by atoms with Gasteiger partial charge in [-0.25, -0.2) is 4.98 Å². The Labute approximate surface area is 180 Å². The number of aliphatic hydroxyl groups excluding tert-OH is 1. The lowest BCUT2D eigenvalue weighted by Crippen LogP contribution is -2.39. The highest BCUT2D eigenvalue weighted by molar-refractivity contribution is 5.59. The van der Waals surface area contributed by atoms with Gasteiger partial charge in [0.05, 0.1) is 6.04 Å². The highest BCUT2D eigenvalue weighted by Crippen LogP contribution is 2.28. The van der Waals surface area contributed by atoms with Crippen LogP contribution in [0.3, 0.4) is 0 Å². The van der Waals surface area contributed by atoms with E-state index in [2.05, 4.69) is 27.3 Å². The molecule has 0 saturated heterocycles. The van der Waals surface area contributed by atoms with Crippen molar-refractivity contribution >= 4 is 6.41 Å². The van der Waals surface area contributed by atoms with E-state index < -0.39 is 6.10 Å². The summed E-state index contributed by atoms with van der Waals surface area (Å²) in [5, 5.41) is 16.9. The molecular weight excluding hydrogens is 394 g/mol. The Morgan fingerprint density at radius 2 is 2.16 bits per heavy atom. The molecule has 4 rings (SSSR count). The van der Waals surface area contributed by atoms with Crippen molar-refractivity contribution in [3.63, 3.8) is 0 Å². The molecule has 2 unspecified atom stereocenters. The Morgan fingerprint density at radius 3 is 2.84 bits per heavy atom. The summed E-state index contributed by atoms with van der Waals surface area (Å²) in [7, 11) is 0. The number of carbonyl (C=O) groups is 1. The van der Waals surface area contributed by atoms with E-state index in [1.165, 1.54) is 0 Å². The van der Waals surface area contributed by atoms with E-state index >= 15 is 0 Å². The van der Waals surface area contributed by atoms with Gasteiger partial charge in [-0.1, -0.05) is 17.0 Å². The first-order chi connectivity index (χ1) is 15.1. The fraction of sp³-hybridized carbons (Fsp3) is 0.348. The second kappa shape index (κ2) is 9.16. The average Bonchev–Trinajstić information content (AvgIpc) is 3.41. The molecule has 1 saturated carbocycles. The van der Waals surface area contributed by atoms with E-state index in [-0.39, 0.29) is 12.1 Å². The molecule has 0 spiro atoms. The van der Waals surface area contributed by atoms with Crippen LogP contribution in [0.5, 0.6) is 0 Å². The summed E-state index contributed by atoms with van der Waals surface area (Å²) in [6, 6.07) is 9.63. The maximum Gasteiger partial charge on any atom is 0.207 e. The minimum absolute atomic E-state index is 0.260. The maximum atomic E-state index is 10.4. The van der Waals surface area contributed by atoms with Crippen molar-refractivity contribution in [3.8, 4) is 23.2 Å². The topological polar surface area (TPSA) is 119 Å². The predicted octanol–water partition coefficient (Wildman–Crippen LogP) is 2.02. The van der Waals surface area contributed by atoms with Crippen molar-refractivity contribution in [3.05, 3.63) is 59.8 Å². The van der Waals surface area contributed by atoms with E-state index in [0.29, 0.717) is 29.7 Å². The zero-order chi connectivity index (χ0) is 21.8. The van der Waals surface area contributed by atoms with Gasteiger partial charge >= 0.3 is 0 Å². The minimum Gasteiger partial charge on any atom is -0.385 e. The lowest BCUT2D eigenvalue weighted by Gasteiger charge is -2.30. The van der Waals surface area contributed by atoms with Gasteiger partial charge in [-0.2, -0.15) is 0 Å². The van der Waals surface area contributed by atoms with Crippen LogP contribution in [0.2, 0.25) is 0 Å². The van der Waals surface area contributed by atoms with E-state index in [9.17, 15) is 9.90 Å². The van der Waals surface area contributed by atoms with Crippen LogP contribution in [0.25, 0.3) is 11.3 Å². The van der Waals surface area contributed by atoms with Crippen LogP contribution < -0.4 is 11.1 Å². The van der Waals surface area contributed by atoms with Gasteiger partial charge in [0.25, 0.3) is 0 Å². The van der Waals surface area contributed by atoms with Crippen LogP contribution >= 0.6 is 0 Å². The van der Waals surface area contributed by atoms with Gasteiger partial charge < -0.3 is 25.2 Å². The summed E-state index contributed by atoms with van der Waals surface area (Å²) in [6.07, 6.45) is 5.26. The van der Waals surface area contributed by atoms with Crippen LogP contribution in [0.1, 0.15) is 49.0 Å². The van der Waals surface area contributed by atoms with Crippen molar-refractivity contribution in [1.29, 1.82) is 0 Å². The summed E-state index contributed by atoms with van der Waals surface area (Å²) in [5.41, 5.74) is 8.47. The zero-order valence-corrected chi connectivity index (χ0v) is 17.2. The quantitative estimate of drug-likeness (QED) is 0.398. The molecular formula is C23H25N5O3. The van der Waals surface area contributed by atoms with Gasteiger partial charge in [-0.15, -0.1) is 0 Å². The van der Waals surface area contributed by atoms with Crippen LogP contribution in [0, 0.1) is 17.8 Å². The average molecular weight is 419 g/mol. The molecule has 1 aromatic carbocycles. The monoisotopic (exact) mass is 419 g/mol. The molecule has 1 aliphatic carbocycles. The molecule has 1 fully saturated rings. The maximum absolute atomic E-state index is 10.4. The summed E-state index contributed by atoms with van der Waals surface area (Å²) in [6.45, 7) is 1.96. The predicted molar refractivity (Wildman–Crippen MR) is 115 cm³/mol. The number of benzene rings is 1. The number of amides is 1. The van der Waals surface area contributed by atoms with Gasteiger partial charge in [0.1, 0.15) is 17.6 Å². The van der Waals surface area contributed by atoms with Crippen LogP contribution in [-0.2, 0) is 4.79 Å². The molecule has 160 valence electrons. The first-order valence-corrected chi connectivity index (χ1v) is 10.3. The Balaban J connectivity index is 1.45. The number of carbonyl (C=O) groups excluding carboxylic acids is 1. The molecule has 0 aliphatic heterocycles. The van der Waals surface area contributed by atoms with Crippen molar-refractivity contribution in [1.82, 2.24) is 20.0 Å². The number of nitrogens with one attached hydrogen (secondary N) is 1. The lowest BCUT2D eigenvalue weighted by atomic mass is 9.81. The molecule has 2 atom stereocenters. The van der Waals surface area contributed by atoms with Crippen LogP contribution in [0.4, 0.5) is 0 Å². The van der Waals surface area contributed by atoms with E-state index in [0.717, 1.165) is 30.4 Å². The summed E-state index contributed by atoms with van der Waals surface area (Å²) in [4.78, 5) is 14.6. The highest BCUT2D eigenvalue weighted by atomic mass is 16.5. The highest BCUT2D eigenvalue weighted by Gasteiger charge is 2.26. The molecule has 31 heavy (non-hydrogen) atoms. The number of nitrogens with zero attached hydrogens (tertiary/aromatic N) is 3. The van der Waals surface area contributed by atoms with E-state index in [1.807, 2.05) is 34.9 Å². The molecule has 2 heterocycles. The summed E-state index contributed by atoms with van der Waals surface area (Å²) >= 11 is 0. The molecule has 8 heteroatoms. The number of hydrogen-bond acceptors (Lipinski definition) is 6. The second-order valence-corrected chi connectivity index (χ2v) is 7.73. The van der Waals surface area contributed by atoms with Crippen molar-refractivity contribution in [2.24, 2.45) is 11.7 Å². The third-order valence-electron chi connectivity index (χ3n) is 5.53. The molecule has 1 amide bonds. The number of imidazole rings is 1. The second-order valence-electron chi connectivity index (χ2n) is 7.73. The number of aromatic nitrogens is 3. The fourth-order valence-electron chi connectivity index (χ4n) is 3.74. The van der Waals surface area contributed by atoms with Gasteiger partial charge in [0.2, 0.25) is 6.41 Å². The van der Waals surface area contributed by atoms with Crippen molar-refractivity contribution in [2.45, 2.75) is 38.0 Å². The number of nitrogens with two attached hydrogens (primary N) is 1. The molecule has 3 aromatic rings. The molecule has 8 nitrogen and oxygen atoms in total.